The Morgan fingerprint density at radius 3 is 1.33 bits per heavy atom. The molecular formula is C42H55N5O8. The first kappa shape index (κ1) is 46.8. The van der Waals surface area contributed by atoms with Gasteiger partial charge in [-0.25, -0.2) is 4.79 Å². The van der Waals surface area contributed by atoms with Crippen molar-refractivity contribution < 1.29 is 38.6 Å². The van der Waals surface area contributed by atoms with E-state index in [1.165, 1.54) is 17.7 Å². The molecule has 4 amide bonds. The standard InChI is InChI=1S/C11H14N2O2.C11H13NO3.C11H15NO.C9H13NO2/c1-7(2)11(15)13-9-5-3-8(4-6-9)10(12)14;1-7(2)10(13)12-9-5-3-8(4-6-9)11(14)15;1-8(2)11(13)12-10-6-4-9(3)5-7-10;1-11-6-7-12-9-5-3-2-4-8(9)10/h3-7H,1-2H3,(H2,12,14)(H,13,15);3-7H,1-2H3,(H,12,13)(H,14,15);4-8H,1-3H3,(H,12,13);2-5H,6-7,10H2,1H3. The number of anilines is 4. The highest BCUT2D eigenvalue weighted by Gasteiger charge is 2.09. The molecule has 4 aromatic rings. The van der Waals surface area contributed by atoms with Crippen molar-refractivity contribution in [3.63, 3.8) is 0 Å². The van der Waals surface area contributed by atoms with E-state index in [-0.39, 0.29) is 41.0 Å². The Balaban J connectivity index is 0.000000368. The smallest absolute Gasteiger partial charge is 0.335 e. The molecule has 4 aromatic carbocycles. The number of primary amides is 1. The topological polar surface area (TPSA) is 212 Å². The van der Waals surface area contributed by atoms with Gasteiger partial charge in [0.1, 0.15) is 12.4 Å². The average molecular weight is 758 g/mol. The lowest BCUT2D eigenvalue weighted by molar-refractivity contribution is -0.119. The number of carbonyl (C=O) groups excluding carboxylic acids is 4. The van der Waals surface area contributed by atoms with Gasteiger partial charge in [0.15, 0.2) is 0 Å². The fraction of sp³-hybridized carbons (Fsp3) is 0.310. The highest BCUT2D eigenvalue weighted by atomic mass is 16.5. The van der Waals surface area contributed by atoms with Crippen molar-refractivity contribution in [2.24, 2.45) is 23.5 Å². The predicted molar refractivity (Wildman–Crippen MR) is 218 cm³/mol. The fourth-order valence-corrected chi connectivity index (χ4v) is 3.76. The van der Waals surface area contributed by atoms with Crippen molar-refractivity contribution in [1.82, 2.24) is 0 Å². The van der Waals surface area contributed by atoms with Gasteiger partial charge in [-0.2, -0.15) is 0 Å². The van der Waals surface area contributed by atoms with Crippen molar-refractivity contribution in [2.45, 2.75) is 48.5 Å². The number of carboxylic acid groups (broad SMARTS) is 1. The van der Waals surface area contributed by atoms with Crippen LogP contribution in [-0.2, 0) is 19.1 Å². The van der Waals surface area contributed by atoms with E-state index in [1.807, 2.05) is 83.1 Å². The largest absolute Gasteiger partial charge is 0.489 e. The quantitative estimate of drug-likeness (QED) is 0.0634. The van der Waals surface area contributed by atoms with Crippen LogP contribution in [0.15, 0.2) is 97.1 Å². The van der Waals surface area contributed by atoms with E-state index < -0.39 is 11.9 Å². The zero-order chi connectivity index (χ0) is 41.5. The van der Waals surface area contributed by atoms with Crippen LogP contribution in [0, 0.1) is 24.7 Å². The van der Waals surface area contributed by atoms with E-state index in [0.29, 0.717) is 35.8 Å². The highest BCUT2D eigenvalue weighted by Crippen LogP contribution is 2.19. The molecule has 0 saturated carbocycles. The first-order valence-electron chi connectivity index (χ1n) is 17.6. The molecule has 296 valence electrons. The number of carbonyl (C=O) groups is 5. The van der Waals surface area contributed by atoms with Gasteiger partial charge in [-0.15, -0.1) is 0 Å². The van der Waals surface area contributed by atoms with Crippen LogP contribution in [0.5, 0.6) is 5.75 Å². The average Bonchev–Trinajstić information content (AvgIpc) is 3.14. The lowest BCUT2D eigenvalue weighted by atomic mass is 10.1. The van der Waals surface area contributed by atoms with Crippen LogP contribution in [0.25, 0.3) is 0 Å². The van der Waals surface area contributed by atoms with Crippen LogP contribution in [0.2, 0.25) is 0 Å². The van der Waals surface area contributed by atoms with Crippen LogP contribution >= 0.6 is 0 Å². The van der Waals surface area contributed by atoms with E-state index in [9.17, 15) is 24.0 Å². The van der Waals surface area contributed by atoms with Crippen LogP contribution in [0.1, 0.15) is 67.8 Å². The number of rotatable bonds is 12. The third-order valence-electron chi connectivity index (χ3n) is 7.19. The van der Waals surface area contributed by atoms with Gasteiger partial charge in [0.05, 0.1) is 17.9 Å². The highest BCUT2D eigenvalue weighted by molar-refractivity contribution is 5.95. The number of nitrogens with two attached hydrogens (primary N) is 2. The van der Waals surface area contributed by atoms with Gasteiger partial charge >= 0.3 is 5.97 Å². The number of aromatic carboxylic acids is 1. The van der Waals surface area contributed by atoms with Crippen LogP contribution in [-0.4, -0.2) is 55.0 Å². The molecule has 0 fully saturated rings. The first-order valence-corrected chi connectivity index (χ1v) is 17.6. The Morgan fingerprint density at radius 2 is 0.982 bits per heavy atom. The molecule has 0 aromatic heterocycles. The Kier molecular flexibility index (Phi) is 21.2. The normalized spacial score (nSPS) is 10.0. The third kappa shape index (κ3) is 19.4. The molecule has 0 aliphatic rings. The monoisotopic (exact) mass is 757 g/mol. The minimum atomic E-state index is -0.975. The van der Waals surface area contributed by atoms with Crippen molar-refractivity contribution >= 4 is 52.3 Å². The predicted octanol–water partition coefficient (Wildman–Crippen LogP) is 7.24. The summed E-state index contributed by atoms with van der Waals surface area (Å²) in [6, 6.07) is 27.7. The second-order valence-electron chi connectivity index (χ2n) is 13.0. The number of nitrogens with one attached hydrogen (secondary N) is 3. The minimum absolute atomic E-state index is 0.0290. The summed E-state index contributed by atoms with van der Waals surface area (Å²) in [4.78, 5) is 55.3. The molecule has 0 saturated heterocycles. The SMILES string of the molecule is CC(C)C(=O)Nc1ccc(C(=O)O)cc1.CC(C)C(=O)Nc1ccc(C(N)=O)cc1.COCCOc1ccccc1N.Cc1ccc(NC(=O)C(C)C)cc1. The van der Waals surface area contributed by atoms with E-state index in [4.69, 9.17) is 26.0 Å². The molecule has 8 N–H and O–H groups in total. The van der Waals surface area contributed by atoms with E-state index in [1.54, 1.807) is 57.4 Å². The number of ether oxygens (including phenoxy) is 2. The lowest BCUT2D eigenvalue weighted by Crippen LogP contribution is -2.18. The van der Waals surface area contributed by atoms with Gasteiger partial charge in [-0.1, -0.05) is 71.4 Å². The molecular weight excluding hydrogens is 702 g/mol. The van der Waals surface area contributed by atoms with Crippen LogP contribution < -0.4 is 32.2 Å². The molecule has 0 aliphatic heterocycles. The maximum Gasteiger partial charge on any atom is 0.335 e. The zero-order valence-corrected chi connectivity index (χ0v) is 32.8. The summed E-state index contributed by atoms with van der Waals surface area (Å²) in [6.45, 7) is 14.1. The molecule has 0 unspecified atom stereocenters. The first-order chi connectivity index (χ1) is 25.9. The molecule has 0 bridgehead atoms. The summed E-state index contributed by atoms with van der Waals surface area (Å²) in [5.74, 6) is -0.946. The summed E-state index contributed by atoms with van der Waals surface area (Å²) in [7, 11) is 1.64. The number of methoxy groups -OCH3 is 1. The second-order valence-corrected chi connectivity index (χ2v) is 13.0. The van der Waals surface area contributed by atoms with Crippen LogP contribution in [0.4, 0.5) is 22.7 Å². The van der Waals surface area contributed by atoms with Crippen molar-refractivity contribution in [3.05, 3.63) is 114 Å². The Labute approximate surface area is 323 Å². The number of benzene rings is 4. The molecule has 0 atom stereocenters. The fourth-order valence-electron chi connectivity index (χ4n) is 3.76. The summed E-state index contributed by atoms with van der Waals surface area (Å²) in [5.41, 5.74) is 15.4. The number of hydrogen-bond donors (Lipinski definition) is 6. The minimum Gasteiger partial charge on any atom is -0.489 e. The molecule has 0 heterocycles. The van der Waals surface area contributed by atoms with E-state index in [2.05, 4.69) is 16.0 Å². The summed E-state index contributed by atoms with van der Waals surface area (Å²) >= 11 is 0. The maximum atomic E-state index is 11.3. The number of carboxylic acids is 1. The molecule has 0 radical (unpaired) electrons. The number of aryl methyl sites for hydroxylation is 1. The van der Waals surface area contributed by atoms with Gasteiger partial charge in [0.25, 0.3) is 0 Å². The number of amides is 4. The summed E-state index contributed by atoms with van der Waals surface area (Å²) < 4.78 is 10.2. The number of para-hydroxylation sites is 2. The Bertz CT molecular complexity index is 1710. The third-order valence-corrected chi connectivity index (χ3v) is 7.19. The maximum absolute atomic E-state index is 11.3. The van der Waals surface area contributed by atoms with Crippen molar-refractivity contribution in [2.75, 3.05) is 42.0 Å². The van der Waals surface area contributed by atoms with Crippen LogP contribution in [0.3, 0.4) is 0 Å². The van der Waals surface area contributed by atoms with Gasteiger partial charge in [-0.05, 0) is 79.7 Å². The lowest BCUT2D eigenvalue weighted by Gasteiger charge is -2.07. The molecule has 0 aliphatic carbocycles. The van der Waals surface area contributed by atoms with Gasteiger partial charge in [0.2, 0.25) is 23.6 Å². The number of hydrogen-bond acceptors (Lipinski definition) is 8. The Hall–Kier alpha value is -6.21. The zero-order valence-electron chi connectivity index (χ0n) is 32.8. The molecule has 0 spiro atoms. The van der Waals surface area contributed by atoms with Gasteiger partial charge in [-0.3, -0.25) is 19.2 Å². The molecule has 55 heavy (non-hydrogen) atoms. The second kappa shape index (κ2) is 24.9. The summed E-state index contributed by atoms with van der Waals surface area (Å²) in [6.07, 6.45) is 0. The van der Waals surface area contributed by atoms with Gasteiger partial charge in [0, 0.05) is 47.5 Å². The molecule has 4 rings (SSSR count). The van der Waals surface area contributed by atoms with E-state index in [0.717, 1.165) is 11.4 Å². The van der Waals surface area contributed by atoms with Crippen molar-refractivity contribution in [3.8, 4) is 5.75 Å². The summed E-state index contributed by atoms with van der Waals surface area (Å²) in [5, 5.41) is 16.9. The Morgan fingerprint density at radius 1 is 0.600 bits per heavy atom. The van der Waals surface area contributed by atoms with Gasteiger partial charge < -0.3 is 42.0 Å². The number of nitrogen functional groups attached to an aromatic ring is 1. The van der Waals surface area contributed by atoms with E-state index >= 15 is 0 Å². The molecule has 13 nitrogen and oxygen atoms in total. The van der Waals surface area contributed by atoms with Crippen molar-refractivity contribution in [1.29, 1.82) is 0 Å². The molecule has 13 heteroatoms.